The second-order valence-electron chi connectivity index (χ2n) is 4.10. The highest BCUT2D eigenvalue weighted by Crippen LogP contribution is 2.28. The smallest absolute Gasteiger partial charge is 0.194 e. The highest BCUT2D eigenvalue weighted by molar-refractivity contribution is 7.17. The average molecular weight is 291 g/mol. The van der Waals surface area contributed by atoms with Crippen molar-refractivity contribution in [2.45, 2.75) is 0 Å². The van der Waals surface area contributed by atoms with Crippen molar-refractivity contribution in [2.24, 2.45) is 0 Å². The lowest BCUT2D eigenvalue weighted by Gasteiger charge is -2.01. The van der Waals surface area contributed by atoms with Crippen molar-refractivity contribution in [2.75, 3.05) is 0 Å². The standard InChI is InChI=1S/C15H8ClFOS/c16-12-7-9(5-6-13(12)17)15(18)11-8-19-14-4-2-1-3-10(11)14/h1-8H. The quantitative estimate of drug-likeness (QED) is 0.612. The molecule has 1 aromatic heterocycles. The Morgan fingerprint density at radius 2 is 1.95 bits per heavy atom. The SMILES string of the molecule is O=C(c1ccc(F)c(Cl)c1)c1csc2ccccc12. The molecule has 0 saturated carbocycles. The maximum absolute atomic E-state index is 13.1. The molecule has 2 aromatic carbocycles. The number of carbonyl (C=O) groups is 1. The highest BCUT2D eigenvalue weighted by atomic mass is 35.5. The number of thiophene rings is 1. The number of fused-ring (bicyclic) bond motifs is 1. The summed E-state index contributed by atoms with van der Waals surface area (Å²) >= 11 is 7.23. The van der Waals surface area contributed by atoms with Gasteiger partial charge in [-0.15, -0.1) is 11.3 Å². The van der Waals surface area contributed by atoms with E-state index in [2.05, 4.69) is 0 Å². The van der Waals surface area contributed by atoms with Crippen LogP contribution in [0.5, 0.6) is 0 Å². The summed E-state index contributed by atoms with van der Waals surface area (Å²) < 4.78 is 14.2. The van der Waals surface area contributed by atoms with Gasteiger partial charge in [-0.3, -0.25) is 4.79 Å². The molecule has 19 heavy (non-hydrogen) atoms. The molecule has 1 heterocycles. The van der Waals surface area contributed by atoms with Gasteiger partial charge in [0.05, 0.1) is 5.02 Å². The summed E-state index contributed by atoms with van der Waals surface area (Å²) in [4.78, 5) is 12.4. The topological polar surface area (TPSA) is 17.1 Å². The molecule has 0 aliphatic heterocycles. The molecule has 94 valence electrons. The molecule has 0 radical (unpaired) electrons. The Labute approximate surface area is 118 Å². The number of carbonyl (C=O) groups excluding carboxylic acids is 1. The van der Waals surface area contributed by atoms with Crippen LogP contribution in [0, 0.1) is 5.82 Å². The number of rotatable bonds is 2. The second kappa shape index (κ2) is 4.76. The molecule has 0 spiro atoms. The minimum atomic E-state index is -0.520. The third kappa shape index (κ3) is 2.15. The van der Waals surface area contributed by atoms with E-state index in [1.54, 1.807) is 0 Å². The fourth-order valence-corrected chi connectivity index (χ4v) is 3.07. The summed E-state index contributed by atoms with van der Waals surface area (Å²) in [6, 6.07) is 11.7. The van der Waals surface area contributed by atoms with Crippen molar-refractivity contribution in [3.8, 4) is 0 Å². The molecule has 0 aliphatic carbocycles. The highest BCUT2D eigenvalue weighted by Gasteiger charge is 2.15. The Bertz CT molecular complexity index is 779. The van der Waals surface area contributed by atoms with Gasteiger partial charge in [-0.05, 0) is 24.3 Å². The van der Waals surface area contributed by atoms with Crippen LogP contribution in [0.1, 0.15) is 15.9 Å². The fraction of sp³-hybridized carbons (Fsp3) is 0. The molecule has 4 heteroatoms. The largest absolute Gasteiger partial charge is 0.289 e. The van der Waals surface area contributed by atoms with Crippen LogP contribution in [-0.2, 0) is 0 Å². The lowest BCUT2D eigenvalue weighted by Crippen LogP contribution is -2.00. The molecular formula is C15H8ClFOS. The predicted octanol–water partition coefficient (Wildman–Crippen LogP) is 4.92. The predicted molar refractivity (Wildman–Crippen MR) is 76.7 cm³/mol. The van der Waals surface area contributed by atoms with Gasteiger partial charge >= 0.3 is 0 Å². The van der Waals surface area contributed by atoms with E-state index in [1.807, 2.05) is 29.6 Å². The lowest BCUT2D eigenvalue weighted by molar-refractivity contribution is 0.104. The van der Waals surface area contributed by atoms with Gasteiger partial charge in [0.2, 0.25) is 0 Å². The average Bonchev–Trinajstić information content (AvgIpc) is 2.85. The summed E-state index contributed by atoms with van der Waals surface area (Å²) in [7, 11) is 0. The maximum Gasteiger partial charge on any atom is 0.194 e. The summed E-state index contributed by atoms with van der Waals surface area (Å²) in [5.41, 5.74) is 1.03. The van der Waals surface area contributed by atoms with E-state index in [0.717, 1.165) is 10.1 Å². The zero-order valence-corrected chi connectivity index (χ0v) is 11.3. The Hall–Kier alpha value is -1.71. The van der Waals surface area contributed by atoms with Gasteiger partial charge in [-0.2, -0.15) is 0 Å². The maximum atomic E-state index is 13.1. The van der Waals surface area contributed by atoms with Crippen LogP contribution in [-0.4, -0.2) is 5.78 Å². The van der Waals surface area contributed by atoms with Crippen molar-refractivity contribution in [3.63, 3.8) is 0 Å². The zero-order chi connectivity index (χ0) is 13.4. The van der Waals surface area contributed by atoms with E-state index in [1.165, 1.54) is 29.5 Å². The third-order valence-corrected chi connectivity index (χ3v) is 4.16. The van der Waals surface area contributed by atoms with Crippen molar-refractivity contribution in [3.05, 3.63) is 69.8 Å². The third-order valence-electron chi connectivity index (χ3n) is 2.91. The summed E-state index contributed by atoms with van der Waals surface area (Å²) in [6.45, 7) is 0. The zero-order valence-electron chi connectivity index (χ0n) is 9.69. The minimum absolute atomic E-state index is 0.0367. The molecule has 0 aliphatic rings. The second-order valence-corrected chi connectivity index (χ2v) is 5.42. The molecule has 3 aromatic rings. The molecule has 3 rings (SSSR count). The van der Waals surface area contributed by atoms with Crippen LogP contribution in [0.4, 0.5) is 4.39 Å². The first-order valence-electron chi connectivity index (χ1n) is 5.63. The first-order chi connectivity index (χ1) is 9.16. The number of hydrogen-bond acceptors (Lipinski definition) is 2. The Morgan fingerprint density at radius 1 is 1.16 bits per heavy atom. The van der Waals surface area contributed by atoms with E-state index in [9.17, 15) is 9.18 Å². The number of hydrogen-bond donors (Lipinski definition) is 0. The number of ketones is 1. The molecule has 0 N–H and O–H groups in total. The molecule has 0 atom stereocenters. The molecule has 0 amide bonds. The minimum Gasteiger partial charge on any atom is -0.289 e. The Morgan fingerprint density at radius 3 is 2.74 bits per heavy atom. The van der Waals surface area contributed by atoms with E-state index in [0.29, 0.717) is 11.1 Å². The van der Waals surface area contributed by atoms with Gasteiger partial charge in [0.25, 0.3) is 0 Å². The van der Waals surface area contributed by atoms with E-state index >= 15 is 0 Å². The molecular weight excluding hydrogens is 283 g/mol. The van der Waals surface area contributed by atoms with E-state index in [4.69, 9.17) is 11.6 Å². The number of halogens is 2. The molecule has 0 saturated heterocycles. The Balaban J connectivity index is 2.11. The van der Waals surface area contributed by atoms with Crippen LogP contribution in [0.2, 0.25) is 5.02 Å². The van der Waals surface area contributed by atoms with Crippen LogP contribution in [0.25, 0.3) is 10.1 Å². The van der Waals surface area contributed by atoms with Crippen LogP contribution < -0.4 is 0 Å². The van der Waals surface area contributed by atoms with Crippen molar-refractivity contribution in [1.29, 1.82) is 0 Å². The van der Waals surface area contributed by atoms with Crippen molar-refractivity contribution < 1.29 is 9.18 Å². The molecule has 0 bridgehead atoms. The van der Waals surface area contributed by atoms with E-state index < -0.39 is 5.82 Å². The summed E-state index contributed by atoms with van der Waals surface area (Å²) in [5, 5.41) is 2.70. The summed E-state index contributed by atoms with van der Waals surface area (Å²) in [5.74, 6) is -0.659. The molecule has 1 nitrogen and oxygen atoms in total. The summed E-state index contributed by atoms with van der Waals surface area (Å²) in [6.07, 6.45) is 0. The normalized spacial score (nSPS) is 10.8. The first-order valence-corrected chi connectivity index (χ1v) is 6.88. The fourth-order valence-electron chi connectivity index (χ4n) is 1.95. The monoisotopic (exact) mass is 290 g/mol. The lowest BCUT2D eigenvalue weighted by atomic mass is 10.0. The van der Waals surface area contributed by atoms with Gasteiger partial charge < -0.3 is 0 Å². The number of benzene rings is 2. The molecule has 0 fully saturated rings. The first kappa shape index (κ1) is 12.3. The van der Waals surface area contributed by atoms with Crippen LogP contribution in [0.3, 0.4) is 0 Å². The van der Waals surface area contributed by atoms with Crippen LogP contribution in [0.15, 0.2) is 47.8 Å². The van der Waals surface area contributed by atoms with Crippen LogP contribution >= 0.6 is 22.9 Å². The van der Waals surface area contributed by atoms with Crippen molar-refractivity contribution >= 4 is 38.8 Å². The Kier molecular flexibility index (Phi) is 3.09. The van der Waals surface area contributed by atoms with Gasteiger partial charge in [0.1, 0.15) is 5.82 Å². The van der Waals surface area contributed by atoms with Gasteiger partial charge in [0, 0.05) is 26.6 Å². The molecule has 0 unspecified atom stereocenters. The van der Waals surface area contributed by atoms with Crippen molar-refractivity contribution in [1.82, 2.24) is 0 Å². The van der Waals surface area contributed by atoms with Gasteiger partial charge in [-0.1, -0.05) is 29.8 Å². The van der Waals surface area contributed by atoms with E-state index in [-0.39, 0.29) is 10.8 Å². The van der Waals surface area contributed by atoms with Gasteiger partial charge in [-0.25, -0.2) is 4.39 Å². The van der Waals surface area contributed by atoms with Gasteiger partial charge in [0.15, 0.2) is 5.78 Å².